The average molecular weight is 629 g/mol. The fourth-order valence-corrected chi connectivity index (χ4v) is 6.86. The largest absolute Gasteiger partial charge is 0.374 e. The van der Waals surface area contributed by atoms with Gasteiger partial charge in [-0.05, 0) is 22.3 Å². The minimum atomic E-state index is -3.66. The quantitative estimate of drug-likeness (QED) is 0.0824. The molecule has 8 heteroatoms. The van der Waals surface area contributed by atoms with Crippen molar-refractivity contribution in [1.82, 2.24) is 0 Å². The summed E-state index contributed by atoms with van der Waals surface area (Å²) in [6, 6.07) is 39.5. The van der Waals surface area contributed by atoms with Crippen LogP contribution in [-0.2, 0) is 59.0 Å². The van der Waals surface area contributed by atoms with Gasteiger partial charge < -0.3 is 28.0 Å². The molecule has 0 bridgehead atoms. The fraction of sp³-hybridized carbons (Fsp3) is 0.297. The van der Waals surface area contributed by atoms with E-state index < -0.39 is 32.0 Å². The highest BCUT2D eigenvalue weighted by Gasteiger charge is 2.49. The Bertz CT molecular complexity index is 1450. The first-order valence-electron chi connectivity index (χ1n) is 15.2. The molecule has 0 aromatic heterocycles. The van der Waals surface area contributed by atoms with Crippen LogP contribution in [0.1, 0.15) is 22.3 Å². The molecule has 1 aliphatic rings. The van der Waals surface area contributed by atoms with Crippen molar-refractivity contribution in [3.05, 3.63) is 156 Å². The van der Waals surface area contributed by atoms with Gasteiger partial charge in [-0.25, -0.2) is 0 Å². The van der Waals surface area contributed by atoms with Crippen LogP contribution in [0.5, 0.6) is 0 Å². The third-order valence-electron chi connectivity index (χ3n) is 7.43. The Hall–Kier alpha value is -3.39. The summed E-state index contributed by atoms with van der Waals surface area (Å²) in [5.74, 6) is 0. The molecule has 5 atom stereocenters. The summed E-state index contributed by atoms with van der Waals surface area (Å²) in [6.07, 6.45) is -0.662. The Morgan fingerprint density at radius 2 is 1.04 bits per heavy atom. The molecule has 4 aromatic rings. The van der Waals surface area contributed by atoms with E-state index in [2.05, 4.69) is 6.58 Å². The van der Waals surface area contributed by atoms with Crippen LogP contribution in [0.2, 0.25) is 0 Å². The van der Waals surface area contributed by atoms with Crippen molar-refractivity contribution in [2.45, 2.75) is 50.8 Å². The van der Waals surface area contributed by atoms with E-state index in [0.717, 1.165) is 22.3 Å². The first-order valence-corrected chi connectivity index (χ1v) is 17.0. The number of benzene rings is 4. The Morgan fingerprint density at radius 3 is 1.53 bits per heavy atom. The molecule has 0 N–H and O–H groups in total. The van der Waals surface area contributed by atoms with Gasteiger partial charge in [-0.1, -0.05) is 127 Å². The third-order valence-corrected chi connectivity index (χ3v) is 9.31. The van der Waals surface area contributed by atoms with Gasteiger partial charge in [0.05, 0.1) is 51.9 Å². The van der Waals surface area contributed by atoms with E-state index in [-0.39, 0.29) is 26.0 Å². The topological polar surface area (TPSA) is 72.5 Å². The van der Waals surface area contributed by atoms with Crippen molar-refractivity contribution >= 4 is 7.60 Å². The maximum atomic E-state index is 14.2. The van der Waals surface area contributed by atoms with Gasteiger partial charge in [0.25, 0.3) is 0 Å². The lowest BCUT2D eigenvalue weighted by Gasteiger charge is -2.27. The van der Waals surface area contributed by atoms with Crippen LogP contribution < -0.4 is 0 Å². The monoisotopic (exact) mass is 628 g/mol. The Labute approximate surface area is 266 Å². The number of ether oxygens (including phenoxy) is 4. The minimum Gasteiger partial charge on any atom is -0.374 e. The maximum absolute atomic E-state index is 14.2. The highest BCUT2D eigenvalue weighted by atomic mass is 31.2. The van der Waals surface area contributed by atoms with Gasteiger partial charge in [0, 0.05) is 0 Å². The summed E-state index contributed by atoms with van der Waals surface area (Å²) >= 11 is 0. The second-order valence-electron chi connectivity index (χ2n) is 10.9. The lowest BCUT2D eigenvalue weighted by molar-refractivity contribution is -0.0897. The zero-order valence-electron chi connectivity index (χ0n) is 25.4. The van der Waals surface area contributed by atoms with Crippen molar-refractivity contribution in [2.75, 3.05) is 19.4 Å². The molecule has 0 radical (unpaired) electrons. The molecule has 236 valence electrons. The molecule has 1 aliphatic heterocycles. The molecular weight excluding hydrogens is 587 g/mol. The summed E-state index contributed by atoms with van der Waals surface area (Å²) in [5.41, 5.74) is 3.98. The summed E-state index contributed by atoms with van der Waals surface area (Å²) in [6.45, 7) is 5.32. The predicted octanol–water partition coefficient (Wildman–Crippen LogP) is 7.75. The van der Waals surface area contributed by atoms with Gasteiger partial charge in [-0.3, -0.25) is 4.57 Å². The van der Waals surface area contributed by atoms with E-state index in [1.807, 2.05) is 121 Å². The highest BCUT2D eigenvalue weighted by Crippen LogP contribution is 2.51. The summed E-state index contributed by atoms with van der Waals surface area (Å²) in [4.78, 5) is 0. The Morgan fingerprint density at radius 1 is 0.600 bits per heavy atom. The maximum Gasteiger partial charge on any atom is 0.334 e. The van der Waals surface area contributed by atoms with E-state index >= 15 is 0 Å². The molecule has 7 nitrogen and oxygen atoms in total. The van der Waals surface area contributed by atoms with E-state index in [0.29, 0.717) is 19.8 Å². The summed E-state index contributed by atoms with van der Waals surface area (Å²) < 4.78 is 51.9. The van der Waals surface area contributed by atoms with Crippen molar-refractivity contribution in [3.8, 4) is 0 Å². The van der Waals surface area contributed by atoms with Crippen LogP contribution in [0.4, 0.5) is 0 Å². The van der Waals surface area contributed by atoms with Crippen molar-refractivity contribution in [1.29, 1.82) is 0 Å². The normalized spacial score (nSPS) is 20.9. The number of rotatable bonds is 18. The van der Waals surface area contributed by atoms with Crippen LogP contribution in [0.15, 0.2) is 134 Å². The van der Waals surface area contributed by atoms with Crippen molar-refractivity contribution in [2.24, 2.45) is 0 Å². The van der Waals surface area contributed by atoms with Crippen molar-refractivity contribution in [3.63, 3.8) is 0 Å². The molecule has 1 unspecified atom stereocenters. The molecule has 1 saturated heterocycles. The molecule has 4 aromatic carbocycles. The van der Waals surface area contributed by atoms with Crippen LogP contribution in [0.3, 0.4) is 0 Å². The molecule has 0 saturated carbocycles. The van der Waals surface area contributed by atoms with Crippen LogP contribution in [0, 0.1) is 0 Å². The fourth-order valence-electron chi connectivity index (χ4n) is 5.16. The van der Waals surface area contributed by atoms with Gasteiger partial charge in [-0.2, -0.15) is 0 Å². The van der Waals surface area contributed by atoms with Gasteiger partial charge >= 0.3 is 7.60 Å². The highest BCUT2D eigenvalue weighted by molar-refractivity contribution is 7.53. The van der Waals surface area contributed by atoms with E-state index in [4.69, 9.17) is 28.0 Å². The van der Waals surface area contributed by atoms with Crippen LogP contribution >= 0.6 is 7.60 Å². The van der Waals surface area contributed by atoms with Gasteiger partial charge in [-0.15, -0.1) is 6.58 Å². The first kappa shape index (κ1) is 33.0. The number of hydrogen-bond donors (Lipinski definition) is 0. The zero-order valence-corrected chi connectivity index (χ0v) is 26.3. The average Bonchev–Trinajstić information content (AvgIpc) is 3.41. The standard InChI is InChI=1S/C37H41O7P/c1-2-23-42-45(38,43-27-33-21-13-6-14-22-33)29-35-37(41-26-32-19-11-5-12-20-32)36(40-25-31-17-9-4-10-18-31)34(44-35)28-39-24-30-15-7-3-8-16-30/h2-22,34-37H,1,23-29H2/t34-,35-,36-,37-,45?/m1/s1. The molecule has 1 heterocycles. The SMILES string of the molecule is C=CCOP(=O)(C[C@H]1O[C@H](COCc2ccccc2)[C@@H](OCc2ccccc2)[C@@H]1OCc1ccccc1)OCc1ccccc1. The lowest BCUT2D eigenvalue weighted by Crippen LogP contribution is -2.40. The van der Waals surface area contributed by atoms with Crippen LogP contribution in [-0.4, -0.2) is 43.8 Å². The Balaban J connectivity index is 1.37. The zero-order chi connectivity index (χ0) is 31.2. The second kappa shape index (κ2) is 17.3. The molecule has 5 rings (SSSR count). The van der Waals surface area contributed by atoms with E-state index in [1.54, 1.807) is 6.08 Å². The summed E-state index contributed by atoms with van der Waals surface area (Å²) in [5, 5.41) is 0. The lowest BCUT2D eigenvalue weighted by atomic mass is 10.1. The predicted molar refractivity (Wildman–Crippen MR) is 175 cm³/mol. The Kier molecular flexibility index (Phi) is 12.7. The second-order valence-corrected chi connectivity index (χ2v) is 13.0. The third kappa shape index (κ3) is 10.3. The van der Waals surface area contributed by atoms with E-state index in [1.165, 1.54) is 0 Å². The molecular formula is C37H41O7P. The molecule has 0 aliphatic carbocycles. The number of hydrogen-bond acceptors (Lipinski definition) is 7. The molecule has 1 fully saturated rings. The smallest absolute Gasteiger partial charge is 0.334 e. The van der Waals surface area contributed by atoms with Gasteiger partial charge in [0.2, 0.25) is 0 Å². The van der Waals surface area contributed by atoms with Gasteiger partial charge in [0.15, 0.2) is 0 Å². The first-order chi connectivity index (χ1) is 22.1. The van der Waals surface area contributed by atoms with Gasteiger partial charge in [0.1, 0.15) is 18.3 Å². The molecule has 0 spiro atoms. The minimum absolute atomic E-state index is 0.0203. The molecule has 0 amide bonds. The summed E-state index contributed by atoms with van der Waals surface area (Å²) in [7, 11) is -3.66. The molecule has 45 heavy (non-hydrogen) atoms. The van der Waals surface area contributed by atoms with Crippen molar-refractivity contribution < 1.29 is 32.6 Å². The van der Waals surface area contributed by atoms with E-state index in [9.17, 15) is 4.57 Å². The van der Waals surface area contributed by atoms with Crippen LogP contribution in [0.25, 0.3) is 0 Å².